The van der Waals surface area contributed by atoms with Gasteiger partial charge in [-0.25, -0.2) is 0 Å². The topological polar surface area (TPSA) is 69.8 Å². The summed E-state index contributed by atoms with van der Waals surface area (Å²) in [4.78, 5) is 4.55. The summed E-state index contributed by atoms with van der Waals surface area (Å²) < 4.78 is 1.73. The van der Waals surface area contributed by atoms with Crippen molar-refractivity contribution in [2.45, 2.75) is 26.0 Å². The summed E-state index contributed by atoms with van der Waals surface area (Å²) in [6, 6.07) is 9.45. The third-order valence-electron chi connectivity index (χ3n) is 4.90. The fourth-order valence-corrected chi connectivity index (χ4v) is 4.23. The van der Waals surface area contributed by atoms with Crippen LogP contribution in [0.3, 0.4) is 0 Å². The fraction of sp³-hybridized carbons (Fsp3) is 0.421. The van der Waals surface area contributed by atoms with Crippen LogP contribution in [0.15, 0.2) is 30.3 Å². The maximum absolute atomic E-state index is 9.64. The predicted molar refractivity (Wildman–Crippen MR) is 111 cm³/mol. The lowest BCUT2D eigenvalue weighted by molar-refractivity contribution is 0.114. The summed E-state index contributed by atoms with van der Waals surface area (Å²) in [6.45, 7) is 7.28. The molecular weight excluding hydrogens is 399 g/mol. The van der Waals surface area contributed by atoms with Crippen LogP contribution in [-0.2, 0) is 0 Å². The van der Waals surface area contributed by atoms with Crippen LogP contribution >= 0.6 is 23.2 Å². The number of aliphatic hydroxyl groups excluding tert-OH is 1. The van der Waals surface area contributed by atoms with Gasteiger partial charge in [0.15, 0.2) is 11.5 Å². The average Bonchev–Trinajstić information content (AvgIpc) is 3.03. The van der Waals surface area contributed by atoms with Crippen LogP contribution in [-0.4, -0.2) is 68.1 Å². The normalized spacial score (nSPS) is 19.3. The number of rotatable bonds is 4. The van der Waals surface area contributed by atoms with Crippen LogP contribution in [0.5, 0.6) is 0 Å². The van der Waals surface area contributed by atoms with Crippen molar-refractivity contribution in [3.05, 3.63) is 40.4 Å². The molecule has 2 unspecified atom stereocenters. The van der Waals surface area contributed by atoms with Crippen LogP contribution in [0.25, 0.3) is 17.0 Å². The van der Waals surface area contributed by atoms with E-state index < -0.39 is 0 Å². The van der Waals surface area contributed by atoms with Gasteiger partial charge in [0.05, 0.1) is 6.10 Å². The Hall–Kier alpha value is -1.93. The second kappa shape index (κ2) is 7.83. The van der Waals surface area contributed by atoms with E-state index in [1.807, 2.05) is 19.1 Å². The molecule has 0 amide bonds. The Morgan fingerprint density at radius 2 is 1.89 bits per heavy atom. The molecule has 1 aliphatic rings. The molecule has 3 heterocycles. The molecule has 1 N–H and O–H groups in total. The molecule has 4 rings (SSSR count). The van der Waals surface area contributed by atoms with E-state index in [0.29, 0.717) is 28.1 Å². The van der Waals surface area contributed by atoms with E-state index >= 15 is 0 Å². The highest BCUT2D eigenvalue weighted by atomic mass is 35.5. The van der Waals surface area contributed by atoms with Gasteiger partial charge in [-0.05, 0) is 44.2 Å². The molecule has 9 heteroatoms. The molecule has 1 saturated heterocycles. The number of piperazine rings is 1. The quantitative estimate of drug-likeness (QED) is 0.699. The molecule has 1 fully saturated rings. The molecule has 0 saturated carbocycles. The zero-order valence-corrected chi connectivity index (χ0v) is 17.3. The zero-order valence-electron chi connectivity index (χ0n) is 15.8. The molecule has 0 aliphatic carbocycles. The standard InChI is InChI=1S/C19H22Cl2N6O/c1-12-10-25(11-13(2)28)5-6-26(12)18-4-3-17-22-23-19(27(17)24-18)14-7-15(20)9-16(21)8-14/h3-4,7-9,12-13,28H,5-6,10-11H2,1-2H3. The number of aliphatic hydroxyl groups is 1. The largest absolute Gasteiger partial charge is 0.392 e. The van der Waals surface area contributed by atoms with E-state index in [-0.39, 0.29) is 12.1 Å². The minimum atomic E-state index is -0.322. The van der Waals surface area contributed by atoms with Crippen molar-refractivity contribution in [2.75, 3.05) is 31.1 Å². The van der Waals surface area contributed by atoms with E-state index in [4.69, 9.17) is 28.3 Å². The van der Waals surface area contributed by atoms with Gasteiger partial charge in [0.2, 0.25) is 0 Å². The molecule has 1 aliphatic heterocycles. The monoisotopic (exact) mass is 420 g/mol. The summed E-state index contributed by atoms with van der Waals surface area (Å²) in [5.41, 5.74) is 1.43. The molecule has 2 aromatic heterocycles. The van der Waals surface area contributed by atoms with Crippen molar-refractivity contribution in [3.8, 4) is 11.4 Å². The Labute approximate surface area is 173 Å². The van der Waals surface area contributed by atoms with E-state index in [1.54, 1.807) is 22.7 Å². The van der Waals surface area contributed by atoms with Crippen molar-refractivity contribution in [3.63, 3.8) is 0 Å². The number of aromatic nitrogens is 4. The van der Waals surface area contributed by atoms with Gasteiger partial charge in [-0.15, -0.1) is 15.3 Å². The number of β-amino-alcohol motifs (C(OH)–C–C–N with tert-alkyl or cyclic N) is 1. The minimum absolute atomic E-state index is 0.276. The number of hydrogen-bond donors (Lipinski definition) is 1. The van der Waals surface area contributed by atoms with Gasteiger partial charge in [-0.1, -0.05) is 23.2 Å². The van der Waals surface area contributed by atoms with Crippen LogP contribution < -0.4 is 4.90 Å². The summed E-state index contributed by atoms with van der Waals surface area (Å²) in [5, 5.41) is 24.0. The number of nitrogens with zero attached hydrogens (tertiary/aromatic N) is 6. The van der Waals surface area contributed by atoms with Crippen molar-refractivity contribution in [1.29, 1.82) is 0 Å². The van der Waals surface area contributed by atoms with Crippen LogP contribution in [0.4, 0.5) is 5.82 Å². The van der Waals surface area contributed by atoms with E-state index in [0.717, 1.165) is 31.0 Å². The van der Waals surface area contributed by atoms with E-state index in [2.05, 4.69) is 26.9 Å². The molecule has 148 valence electrons. The average molecular weight is 421 g/mol. The Balaban J connectivity index is 1.65. The maximum Gasteiger partial charge on any atom is 0.185 e. The number of anilines is 1. The molecule has 7 nitrogen and oxygen atoms in total. The van der Waals surface area contributed by atoms with E-state index in [1.165, 1.54) is 0 Å². The molecule has 0 spiro atoms. The SMILES string of the molecule is CC(O)CN1CCN(c2ccc3nnc(-c4cc(Cl)cc(Cl)c4)n3n2)C(C)C1. The van der Waals surface area contributed by atoms with Crippen molar-refractivity contribution in [2.24, 2.45) is 0 Å². The molecule has 2 atom stereocenters. The molecule has 28 heavy (non-hydrogen) atoms. The van der Waals surface area contributed by atoms with Gasteiger partial charge < -0.3 is 10.0 Å². The minimum Gasteiger partial charge on any atom is -0.392 e. The highest BCUT2D eigenvalue weighted by Crippen LogP contribution is 2.27. The Kier molecular flexibility index (Phi) is 5.42. The van der Waals surface area contributed by atoms with E-state index in [9.17, 15) is 5.11 Å². The number of halogens is 2. The number of fused-ring (bicyclic) bond motifs is 1. The lowest BCUT2D eigenvalue weighted by Gasteiger charge is -2.40. The van der Waals surface area contributed by atoms with Crippen LogP contribution in [0.2, 0.25) is 10.0 Å². The Bertz CT molecular complexity index is 971. The number of benzene rings is 1. The summed E-state index contributed by atoms with van der Waals surface area (Å²) >= 11 is 12.3. The van der Waals surface area contributed by atoms with Gasteiger partial charge in [-0.2, -0.15) is 4.52 Å². The first-order valence-corrected chi connectivity index (χ1v) is 10.0. The summed E-state index contributed by atoms with van der Waals surface area (Å²) in [5.74, 6) is 1.47. The predicted octanol–water partition coefficient (Wildman–Crippen LogP) is 2.99. The van der Waals surface area contributed by atoms with Gasteiger partial charge in [0.25, 0.3) is 0 Å². The molecule has 0 radical (unpaired) electrons. The first-order chi connectivity index (χ1) is 13.4. The second-order valence-electron chi connectivity index (χ2n) is 7.29. The molecule has 3 aromatic rings. The van der Waals surface area contributed by atoms with Gasteiger partial charge in [-0.3, -0.25) is 4.90 Å². The fourth-order valence-electron chi connectivity index (χ4n) is 3.71. The third kappa shape index (κ3) is 3.93. The Morgan fingerprint density at radius 1 is 1.14 bits per heavy atom. The maximum atomic E-state index is 9.64. The lowest BCUT2D eigenvalue weighted by atomic mass is 10.1. The Morgan fingerprint density at radius 3 is 2.57 bits per heavy atom. The summed E-state index contributed by atoms with van der Waals surface area (Å²) in [6.07, 6.45) is -0.322. The highest BCUT2D eigenvalue weighted by molar-refractivity contribution is 6.35. The highest BCUT2D eigenvalue weighted by Gasteiger charge is 2.26. The second-order valence-corrected chi connectivity index (χ2v) is 8.17. The zero-order chi connectivity index (χ0) is 19.8. The molecular formula is C19H22Cl2N6O. The van der Waals surface area contributed by atoms with Crippen molar-refractivity contribution < 1.29 is 5.11 Å². The van der Waals surface area contributed by atoms with Crippen LogP contribution in [0, 0.1) is 0 Å². The van der Waals surface area contributed by atoms with Gasteiger partial charge in [0, 0.05) is 47.8 Å². The number of hydrogen-bond acceptors (Lipinski definition) is 6. The third-order valence-corrected chi connectivity index (χ3v) is 5.33. The molecule has 0 bridgehead atoms. The van der Waals surface area contributed by atoms with Crippen molar-refractivity contribution in [1.82, 2.24) is 24.7 Å². The first kappa shape index (κ1) is 19.4. The van der Waals surface area contributed by atoms with Gasteiger partial charge in [0.1, 0.15) is 5.82 Å². The first-order valence-electron chi connectivity index (χ1n) is 9.26. The lowest BCUT2D eigenvalue weighted by Crippen LogP contribution is -2.53. The molecule has 1 aromatic carbocycles. The smallest absolute Gasteiger partial charge is 0.185 e. The van der Waals surface area contributed by atoms with Gasteiger partial charge >= 0.3 is 0 Å². The van der Waals surface area contributed by atoms with Crippen molar-refractivity contribution >= 4 is 34.7 Å². The summed E-state index contributed by atoms with van der Waals surface area (Å²) in [7, 11) is 0. The van der Waals surface area contributed by atoms with Crippen LogP contribution in [0.1, 0.15) is 13.8 Å².